The number of rotatable bonds is 4. The minimum Gasteiger partial charge on any atom is -0.447 e. The molecule has 4 rings (SSSR count). The van der Waals surface area contributed by atoms with E-state index in [0.29, 0.717) is 12.5 Å². The standard InChI is InChI=1S/C16H16N4O/c1-11-18-16(14-15(13-7-8-13)21-10-17-14)20(19-11)9-12-5-3-2-4-6-12/h2-6,10,13H,7-9H2,1H3. The van der Waals surface area contributed by atoms with Crippen molar-refractivity contribution in [1.29, 1.82) is 0 Å². The zero-order valence-corrected chi connectivity index (χ0v) is 11.9. The van der Waals surface area contributed by atoms with Crippen molar-refractivity contribution in [3.8, 4) is 11.5 Å². The molecule has 1 aliphatic rings. The van der Waals surface area contributed by atoms with Gasteiger partial charge in [0.1, 0.15) is 17.3 Å². The Hall–Kier alpha value is -2.43. The van der Waals surface area contributed by atoms with Crippen LogP contribution in [0.1, 0.15) is 35.9 Å². The minimum absolute atomic E-state index is 0.504. The topological polar surface area (TPSA) is 56.7 Å². The first kappa shape index (κ1) is 12.3. The summed E-state index contributed by atoms with van der Waals surface area (Å²) < 4.78 is 7.48. The van der Waals surface area contributed by atoms with E-state index >= 15 is 0 Å². The van der Waals surface area contributed by atoms with E-state index in [2.05, 4.69) is 27.2 Å². The Kier molecular flexibility index (Phi) is 2.84. The molecule has 1 aromatic carbocycles. The molecule has 21 heavy (non-hydrogen) atoms. The normalized spacial score (nSPS) is 14.5. The molecule has 5 nitrogen and oxygen atoms in total. The van der Waals surface area contributed by atoms with Crippen LogP contribution in [0.15, 0.2) is 41.1 Å². The summed E-state index contributed by atoms with van der Waals surface area (Å²) in [6.45, 7) is 2.59. The number of aromatic nitrogens is 4. The summed E-state index contributed by atoms with van der Waals surface area (Å²) in [6, 6.07) is 10.3. The van der Waals surface area contributed by atoms with Crippen molar-refractivity contribution in [2.45, 2.75) is 32.2 Å². The largest absolute Gasteiger partial charge is 0.447 e. The number of hydrogen-bond acceptors (Lipinski definition) is 4. The smallest absolute Gasteiger partial charge is 0.181 e. The summed E-state index contributed by atoms with van der Waals surface area (Å²) >= 11 is 0. The lowest BCUT2D eigenvalue weighted by Crippen LogP contribution is -2.05. The number of aryl methyl sites for hydroxylation is 1. The lowest BCUT2D eigenvalue weighted by atomic mass is 10.2. The highest BCUT2D eigenvalue weighted by Gasteiger charge is 2.32. The molecule has 0 radical (unpaired) electrons. The van der Waals surface area contributed by atoms with Gasteiger partial charge < -0.3 is 4.42 Å². The van der Waals surface area contributed by atoms with E-state index in [9.17, 15) is 0 Å². The molecule has 3 aromatic rings. The molecule has 106 valence electrons. The number of benzene rings is 1. The van der Waals surface area contributed by atoms with Gasteiger partial charge in [-0.05, 0) is 25.3 Å². The number of oxazole rings is 1. The Bertz CT molecular complexity index is 756. The van der Waals surface area contributed by atoms with Gasteiger partial charge in [0.05, 0.1) is 6.54 Å². The Balaban J connectivity index is 1.73. The second-order valence-corrected chi connectivity index (χ2v) is 5.47. The third kappa shape index (κ3) is 2.35. The summed E-state index contributed by atoms with van der Waals surface area (Å²) in [5.74, 6) is 3.01. The second-order valence-electron chi connectivity index (χ2n) is 5.47. The van der Waals surface area contributed by atoms with Crippen molar-refractivity contribution < 1.29 is 4.42 Å². The van der Waals surface area contributed by atoms with Crippen molar-refractivity contribution in [3.63, 3.8) is 0 Å². The second kappa shape index (κ2) is 4.84. The first-order valence-electron chi connectivity index (χ1n) is 7.20. The first-order chi connectivity index (χ1) is 10.3. The van der Waals surface area contributed by atoms with Gasteiger partial charge in [0.2, 0.25) is 0 Å². The molecule has 0 spiro atoms. The zero-order chi connectivity index (χ0) is 14.2. The highest BCUT2D eigenvalue weighted by molar-refractivity contribution is 5.54. The van der Waals surface area contributed by atoms with Crippen LogP contribution in [-0.4, -0.2) is 19.7 Å². The van der Waals surface area contributed by atoms with E-state index < -0.39 is 0 Å². The summed E-state index contributed by atoms with van der Waals surface area (Å²) in [4.78, 5) is 8.92. The fourth-order valence-corrected chi connectivity index (χ4v) is 2.56. The van der Waals surface area contributed by atoms with Crippen LogP contribution in [0, 0.1) is 6.92 Å². The third-order valence-corrected chi connectivity index (χ3v) is 3.71. The van der Waals surface area contributed by atoms with Gasteiger partial charge in [0, 0.05) is 5.92 Å². The summed E-state index contributed by atoms with van der Waals surface area (Å²) in [5.41, 5.74) is 2.04. The maximum atomic E-state index is 5.57. The molecule has 1 fully saturated rings. The average molecular weight is 280 g/mol. The van der Waals surface area contributed by atoms with E-state index in [-0.39, 0.29) is 0 Å². The third-order valence-electron chi connectivity index (χ3n) is 3.71. The van der Waals surface area contributed by atoms with Crippen molar-refractivity contribution in [2.24, 2.45) is 0 Å². The lowest BCUT2D eigenvalue weighted by Gasteiger charge is -2.05. The van der Waals surface area contributed by atoms with E-state index in [1.54, 1.807) is 0 Å². The summed E-state index contributed by atoms with van der Waals surface area (Å²) in [5, 5.41) is 4.51. The molecule has 5 heteroatoms. The molecule has 0 unspecified atom stereocenters. The highest BCUT2D eigenvalue weighted by Crippen LogP contribution is 2.43. The molecule has 0 amide bonds. The van der Waals surface area contributed by atoms with Gasteiger partial charge in [-0.25, -0.2) is 14.6 Å². The maximum absolute atomic E-state index is 5.57. The van der Waals surface area contributed by atoms with Crippen LogP contribution in [0.2, 0.25) is 0 Å². The number of nitrogens with zero attached hydrogens (tertiary/aromatic N) is 4. The van der Waals surface area contributed by atoms with E-state index in [0.717, 1.165) is 23.1 Å². The maximum Gasteiger partial charge on any atom is 0.181 e. The Labute approximate surface area is 122 Å². The predicted molar refractivity (Wildman–Crippen MR) is 77.8 cm³/mol. The van der Waals surface area contributed by atoms with Gasteiger partial charge in [0.25, 0.3) is 0 Å². The SMILES string of the molecule is Cc1nc(-c2ncoc2C2CC2)n(Cc2ccccc2)n1. The van der Waals surface area contributed by atoms with E-state index in [1.807, 2.05) is 29.8 Å². The molecular formula is C16H16N4O. The van der Waals surface area contributed by atoms with Crippen LogP contribution in [0.4, 0.5) is 0 Å². The molecule has 0 atom stereocenters. The van der Waals surface area contributed by atoms with Crippen LogP contribution >= 0.6 is 0 Å². The average Bonchev–Trinajstić information content (AvgIpc) is 3.11. The lowest BCUT2D eigenvalue weighted by molar-refractivity contribution is 0.506. The highest BCUT2D eigenvalue weighted by atomic mass is 16.3. The summed E-state index contributed by atoms with van der Waals surface area (Å²) in [6.07, 6.45) is 3.86. The van der Waals surface area contributed by atoms with Crippen LogP contribution in [0.5, 0.6) is 0 Å². The number of hydrogen-bond donors (Lipinski definition) is 0. The Morgan fingerprint density at radius 2 is 2.05 bits per heavy atom. The van der Waals surface area contributed by atoms with Crippen LogP contribution in [0.3, 0.4) is 0 Å². The van der Waals surface area contributed by atoms with Crippen molar-refractivity contribution >= 4 is 0 Å². The van der Waals surface area contributed by atoms with Crippen LogP contribution in [-0.2, 0) is 6.54 Å². The predicted octanol–water partition coefficient (Wildman–Crippen LogP) is 3.17. The molecule has 0 N–H and O–H groups in total. The zero-order valence-electron chi connectivity index (χ0n) is 11.9. The van der Waals surface area contributed by atoms with Gasteiger partial charge in [-0.2, -0.15) is 5.10 Å². The van der Waals surface area contributed by atoms with Gasteiger partial charge in [-0.3, -0.25) is 0 Å². The molecule has 0 aliphatic heterocycles. The fourth-order valence-electron chi connectivity index (χ4n) is 2.56. The molecule has 2 aromatic heterocycles. The van der Waals surface area contributed by atoms with Crippen molar-refractivity contribution in [2.75, 3.05) is 0 Å². The van der Waals surface area contributed by atoms with E-state index in [4.69, 9.17) is 4.42 Å². The fraction of sp³-hybridized carbons (Fsp3) is 0.312. The van der Waals surface area contributed by atoms with Gasteiger partial charge >= 0.3 is 0 Å². The molecule has 1 saturated carbocycles. The Morgan fingerprint density at radius 1 is 1.24 bits per heavy atom. The molecular weight excluding hydrogens is 264 g/mol. The first-order valence-corrected chi connectivity index (χ1v) is 7.20. The van der Waals surface area contributed by atoms with Crippen LogP contribution in [0.25, 0.3) is 11.5 Å². The van der Waals surface area contributed by atoms with Gasteiger partial charge in [-0.1, -0.05) is 30.3 Å². The van der Waals surface area contributed by atoms with E-state index in [1.165, 1.54) is 24.8 Å². The van der Waals surface area contributed by atoms with Crippen molar-refractivity contribution in [1.82, 2.24) is 19.7 Å². The molecule has 2 heterocycles. The molecule has 0 saturated heterocycles. The van der Waals surface area contributed by atoms with Gasteiger partial charge in [0.15, 0.2) is 12.2 Å². The van der Waals surface area contributed by atoms with Crippen LogP contribution < -0.4 is 0 Å². The Morgan fingerprint density at radius 3 is 2.81 bits per heavy atom. The molecule has 1 aliphatic carbocycles. The van der Waals surface area contributed by atoms with Crippen molar-refractivity contribution in [3.05, 3.63) is 53.9 Å². The van der Waals surface area contributed by atoms with Gasteiger partial charge in [-0.15, -0.1) is 0 Å². The quantitative estimate of drug-likeness (QED) is 0.736. The molecule has 0 bridgehead atoms. The summed E-state index contributed by atoms with van der Waals surface area (Å²) in [7, 11) is 0. The monoisotopic (exact) mass is 280 g/mol. The minimum atomic E-state index is 0.504.